The van der Waals surface area contributed by atoms with Gasteiger partial charge in [0.25, 0.3) is 0 Å². The number of hydrogen-bond acceptors (Lipinski definition) is 3. The van der Waals surface area contributed by atoms with Crippen molar-refractivity contribution in [2.45, 2.75) is 6.36 Å². The number of halogens is 3. The molecule has 0 radical (unpaired) electrons. The summed E-state index contributed by atoms with van der Waals surface area (Å²) in [5, 5.41) is 2.94. The summed E-state index contributed by atoms with van der Waals surface area (Å²) in [6, 6.07) is 9.22. The quantitative estimate of drug-likeness (QED) is 0.921. The van der Waals surface area contributed by atoms with E-state index in [9.17, 15) is 13.2 Å². The summed E-state index contributed by atoms with van der Waals surface area (Å²) in [4.78, 5) is 4.12. The van der Waals surface area contributed by atoms with Crippen molar-refractivity contribution in [3.63, 3.8) is 0 Å². The molecule has 1 heterocycles. The topological polar surface area (TPSA) is 34.2 Å². The van der Waals surface area contributed by atoms with Crippen LogP contribution in [-0.2, 0) is 0 Å². The molecule has 0 atom stereocenters. The summed E-state index contributed by atoms with van der Waals surface area (Å²) in [6.45, 7) is 0. The van der Waals surface area contributed by atoms with Crippen LogP contribution in [0.4, 0.5) is 18.9 Å². The summed E-state index contributed by atoms with van der Waals surface area (Å²) in [5.41, 5.74) is 1.95. The number of hydrogen-bond donors (Lipinski definition) is 1. The van der Waals surface area contributed by atoms with Gasteiger partial charge < -0.3 is 10.1 Å². The summed E-state index contributed by atoms with van der Waals surface area (Å²) in [7, 11) is 1.75. The number of ether oxygens (including phenoxy) is 1. The standard InChI is InChI=1S/C13H11F3N2O/c1-17-10-5-6-18-12(8-10)9-3-2-4-11(7-9)19-13(14,15)16/h2-8H,1H3,(H,17,18). The number of benzene rings is 1. The second-order valence-electron chi connectivity index (χ2n) is 3.76. The van der Waals surface area contributed by atoms with Gasteiger partial charge in [0.1, 0.15) is 5.75 Å². The van der Waals surface area contributed by atoms with Crippen LogP contribution in [-0.4, -0.2) is 18.4 Å². The Morgan fingerprint density at radius 1 is 1.16 bits per heavy atom. The van der Waals surface area contributed by atoms with Crippen LogP contribution in [0.5, 0.6) is 5.75 Å². The molecule has 6 heteroatoms. The maximum Gasteiger partial charge on any atom is 0.573 e. The van der Waals surface area contributed by atoms with E-state index in [0.29, 0.717) is 11.3 Å². The minimum Gasteiger partial charge on any atom is -0.406 e. The van der Waals surface area contributed by atoms with Crippen LogP contribution in [0.15, 0.2) is 42.6 Å². The van der Waals surface area contributed by atoms with Gasteiger partial charge in [-0.2, -0.15) is 0 Å². The van der Waals surface area contributed by atoms with Crippen molar-refractivity contribution in [1.82, 2.24) is 4.98 Å². The van der Waals surface area contributed by atoms with Gasteiger partial charge in [-0.3, -0.25) is 4.98 Å². The first-order valence-corrected chi connectivity index (χ1v) is 5.48. The highest BCUT2D eigenvalue weighted by atomic mass is 19.4. The number of anilines is 1. The van der Waals surface area contributed by atoms with Crippen LogP contribution in [0.2, 0.25) is 0 Å². The van der Waals surface area contributed by atoms with Gasteiger partial charge in [-0.25, -0.2) is 0 Å². The fourth-order valence-corrected chi connectivity index (χ4v) is 1.60. The van der Waals surface area contributed by atoms with E-state index in [0.717, 1.165) is 5.69 Å². The SMILES string of the molecule is CNc1ccnc(-c2cccc(OC(F)(F)F)c2)c1. The lowest BCUT2D eigenvalue weighted by atomic mass is 10.1. The molecule has 3 nitrogen and oxygen atoms in total. The molecular weight excluding hydrogens is 257 g/mol. The lowest BCUT2D eigenvalue weighted by Crippen LogP contribution is -2.17. The van der Waals surface area contributed by atoms with Gasteiger partial charge in [-0.1, -0.05) is 12.1 Å². The largest absolute Gasteiger partial charge is 0.573 e. The monoisotopic (exact) mass is 268 g/mol. The highest BCUT2D eigenvalue weighted by molar-refractivity contribution is 5.65. The van der Waals surface area contributed by atoms with Gasteiger partial charge >= 0.3 is 6.36 Å². The number of aromatic nitrogens is 1. The Morgan fingerprint density at radius 2 is 1.95 bits per heavy atom. The molecular formula is C13H11F3N2O. The molecule has 1 aromatic heterocycles. The zero-order chi connectivity index (χ0) is 13.9. The Hall–Kier alpha value is -2.24. The van der Waals surface area contributed by atoms with E-state index in [4.69, 9.17) is 0 Å². The molecule has 0 saturated heterocycles. The molecule has 0 aliphatic carbocycles. The third kappa shape index (κ3) is 3.61. The smallest absolute Gasteiger partial charge is 0.406 e. The van der Waals surface area contributed by atoms with Gasteiger partial charge in [0.05, 0.1) is 5.69 Å². The van der Waals surface area contributed by atoms with Crippen LogP contribution in [0.1, 0.15) is 0 Å². The number of pyridine rings is 1. The molecule has 2 rings (SSSR count). The highest BCUT2D eigenvalue weighted by Gasteiger charge is 2.31. The first-order valence-electron chi connectivity index (χ1n) is 5.48. The first kappa shape index (κ1) is 13.2. The first-order chi connectivity index (χ1) is 8.98. The molecule has 0 spiro atoms. The number of nitrogens with zero attached hydrogens (tertiary/aromatic N) is 1. The zero-order valence-corrected chi connectivity index (χ0v) is 10.0. The van der Waals surface area contributed by atoms with Gasteiger partial charge in [0.15, 0.2) is 0 Å². The number of alkyl halides is 3. The molecule has 0 aliphatic rings. The lowest BCUT2D eigenvalue weighted by Gasteiger charge is -2.10. The lowest BCUT2D eigenvalue weighted by molar-refractivity contribution is -0.274. The van der Waals surface area contributed by atoms with E-state index in [1.807, 2.05) is 0 Å². The fourth-order valence-electron chi connectivity index (χ4n) is 1.60. The van der Waals surface area contributed by atoms with Crippen LogP contribution in [0.3, 0.4) is 0 Å². The van der Waals surface area contributed by atoms with E-state index >= 15 is 0 Å². The van der Waals surface area contributed by atoms with Crippen molar-refractivity contribution < 1.29 is 17.9 Å². The summed E-state index contributed by atoms with van der Waals surface area (Å²) < 4.78 is 40.3. The molecule has 0 saturated carbocycles. The van der Waals surface area contributed by atoms with Gasteiger partial charge in [-0.15, -0.1) is 13.2 Å². The second kappa shape index (κ2) is 5.17. The predicted molar refractivity (Wildman–Crippen MR) is 65.9 cm³/mol. The van der Waals surface area contributed by atoms with Crippen LogP contribution < -0.4 is 10.1 Å². The maximum absolute atomic E-state index is 12.1. The Balaban J connectivity index is 2.32. The molecule has 100 valence electrons. The van der Waals surface area contributed by atoms with Gasteiger partial charge in [0.2, 0.25) is 0 Å². The number of nitrogens with one attached hydrogen (secondary N) is 1. The second-order valence-corrected chi connectivity index (χ2v) is 3.76. The van der Waals surface area contributed by atoms with Gasteiger partial charge in [0, 0.05) is 24.5 Å². The third-order valence-corrected chi connectivity index (χ3v) is 2.41. The Morgan fingerprint density at radius 3 is 2.63 bits per heavy atom. The molecule has 2 aromatic rings. The summed E-state index contributed by atoms with van der Waals surface area (Å²) in [5.74, 6) is -0.262. The Kier molecular flexibility index (Phi) is 3.59. The average Bonchev–Trinajstić information content (AvgIpc) is 2.37. The summed E-state index contributed by atoms with van der Waals surface area (Å²) >= 11 is 0. The van der Waals surface area contributed by atoms with E-state index in [1.165, 1.54) is 18.2 Å². The molecule has 0 fully saturated rings. The van der Waals surface area contributed by atoms with Crippen LogP contribution >= 0.6 is 0 Å². The molecule has 0 bridgehead atoms. The van der Waals surface area contributed by atoms with Crippen LogP contribution in [0, 0.1) is 0 Å². The summed E-state index contributed by atoms with van der Waals surface area (Å²) in [6.07, 6.45) is -3.11. The van der Waals surface area contributed by atoms with E-state index in [-0.39, 0.29) is 5.75 Å². The molecule has 1 N–H and O–H groups in total. The van der Waals surface area contributed by atoms with Gasteiger partial charge in [-0.05, 0) is 24.3 Å². The van der Waals surface area contributed by atoms with Crippen molar-refractivity contribution in [3.8, 4) is 17.0 Å². The molecule has 19 heavy (non-hydrogen) atoms. The Labute approximate surface area is 108 Å². The molecule has 0 unspecified atom stereocenters. The van der Waals surface area contributed by atoms with Crippen molar-refractivity contribution >= 4 is 5.69 Å². The minimum atomic E-state index is -4.70. The van der Waals surface area contributed by atoms with E-state index < -0.39 is 6.36 Å². The van der Waals surface area contributed by atoms with Crippen molar-refractivity contribution in [2.75, 3.05) is 12.4 Å². The zero-order valence-electron chi connectivity index (χ0n) is 10.0. The molecule has 0 aliphatic heterocycles. The van der Waals surface area contributed by atoms with Crippen LogP contribution in [0.25, 0.3) is 11.3 Å². The number of rotatable bonds is 3. The fraction of sp³-hybridized carbons (Fsp3) is 0.154. The van der Waals surface area contributed by atoms with E-state index in [1.54, 1.807) is 31.4 Å². The Bertz CT molecular complexity index is 570. The molecule has 1 aromatic carbocycles. The highest BCUT2D eigenvalue weighted by Crippen LogP contribution is 2.27. The maximum atomic E-state index is 12.1. The molecule has 0 amide bonds. The van der Waals surface area contributed by atoms with Crippen molar-refractivity contribution in [3.05, 3.63) is 42.6 Å². The normalized spacial score (nSPS) is 11.2. The van der Waals surface area contributed by atoms with E-state index in [2.05, 4.69) is 15.0 Å². The van der Waals surface area contributed by atoms with Crippen molar-refractivity contribution in [2.24, 2.45) is 0 Å². The van der Waals surface area contributed by atoms with Crippen molar-refractivity contribution in [1.29, 1.82) is 0 Å². The average molecular weight is 268 g/mol. The minimum absolute atomic E-state index is 0.262. The predicted octanol–water partition coefficient (Wildman–Crippen LogP) is 3.69. The third-order valence-electron chi connectivity index (χ3n) is 2.41.